The molecule has 0 bridgehead atoms. The van der Waals surface area contributed by atoms with Crippen LogP contribution in [0.3, 0.4) is 0 Å². The number of nitrogens with two attached hydrogens (primary N) is 1. The lowest BCUT2D eigenvalue weighted by Gasteiger charge is -2.12. The summed E-state index contributed by atoms with van der Waals surface area (Å²) in [7, 11) is 0. The van der Waals surface area contributed by atoms with Gasteiger partial charge >= 0.3 is 0 Å². The zero-order valence-corrected chi connectivity index (χ0v) is 16.1. The molecule has 0 aromatic carbocycles. The molecular weight excluding hydrogens is 356 g/mol. The Labute approximate surface area is 163 Å². The summed E-state index contributed by atoms with van der Waals surface area (Å²) in [4.78, 5) is 8.19. The van der Waals surface area contributed by atoms with Gasteiger partial charge < -0.3 is 16.2 Å². The fourth-order valence-electron chi connectivity index (χ4n) is 3.53. The van der Waals surface area contributed by atoms with Crippen LogP contribution in [0, 0.1) is 13.5 Å². The van der Waals surface area contributed by atoms with Crippen LogP contribution in [0.1, 0.15) is 36.7 Å². The Balaban J connectivity index is 1.54. The number of aryl methyl sites for hydroxylation is 2. The summed E-state index contributed by atoms with van der Waals surface area (Å²) in [6.45, 7) is 12.2. The van der Waals surface area contributed by atoms with Crippen molar-refractivity contribution in [1.29, 1.82) is 0 Å². The average molecular weight is 380 g/mol. The van der Waals surface area contributed by atoms with Crippen LogP contribution in [-0.4, -0.2) is 42.6 Å². The highest BCUT2D eigenvalue weighted by Gasteiger charge is 2.44. The van der Waals surface area contributed by atoms with E-state index in [9.17, 15) is 5.11 Å². The second-order valence-corrected chi connectivity index (χ2v) is 7.27. The van der Waals surface area contributed by atoms with Crippen LogP contribution in [0.25, 0.3) is 10.5 Å². The van der Waals surface area contributed by atoms with E-state index in [1.54, 1.807) is 4.52 Å². The highest BCUT2D eigenvalue weighted by Crippen LogP contribution is 2.42. The largest absolute Gasteiger partial charge is 0.394 e. The molecule has 4 N–H and O–H groups in total. The number of nitrogens with one attached hydrogen (secondary N) is 1. The Bertz CT molecular complexity index is 1070. The van der Waals surface area contributed by atoms with Gasteiger partial charge in [-0.05, 0) is 32.3 Å². The van der Waals surface area contributed by atoms with Crippen LogP contribution < -0.4 is 11.1 Å². The van der Waals surface area contributed by atoms with E-state index >= 15 is 0 Å². The van der Waals surface area contributed by atoms with Crippen molar-refractivity contribution >= 4 is 23.0 Å². The Morgan fingerprint density at radius 2 is 2.18 bits per heavy atom. The maximum Gasteiger partial charge on any atom is 0.268 e. The number of nitrogen functional groups attached to an aromatic ring is 1. The fourth-order valence-corrected chi connectivity index (χ4v) is 3.53. The van der Waals surface area contributed by atoms with E-state index in [0.717, 1.165) is 36.2 Å². The molecule has 9 heteroatoms. The number of hydrogen-bond donors (Lipinski definition) is 3. The minimum atomic E-state index is -0.194. The molecule has 1 fully saturated rings. The smallest absolute Gasteiger partial charge is 0.268 e. The Kier molecular flexibility index (Phi) is 4.43. The number of fused-ring (bicyclic) bond motifs is 1. The summed E-state index contributed by atoms with van der Waals surface area (Å²) < 4.78 is 3.43. The van der Waals surface area contributed by atoms with Gasteiger partial charge in [0.15, 0.2) is 5.65 Å². The van der Waals surface area contributed by atoms with Crippen molar-refractivity contribution in [3.63, 3.8) is 0 Å². The monoisotopic (exact) mass is 380 g/mol. The van der Waals surface area contributed by atoms with Crippen molar-refractivity contribution in [2.45, 2.75) is 45.1 Å². The van der Waals surface area contributed by atoms with Crippen molar-refractivity contribution in [1.82, 2.24) is 24.4 Å². The molecule has 0 radical (unpaired) electrons. The predicted octanol–water partition coefficient (Wildman–Crippen LogP) is 2.07. The van der Waals surface area contributed by atoms with E-state index in [1.165, 1.54) is 0 Å². The lowest BCUT2D eigenvalue weighted by Crippen LogP contribution is -2.22. The van der Waals surface area contributed by atoms with E-state index in [-0.39, 0.29) is 17.8 Å². The SMILES string of the molecule is [C-]#[N+]c1c(NCCc2ccn(C3(CO)CC3)n2)nc2c(CC)c(C)nn2c1N. The first-order chi connectivity index (χ1) is 13.5. The molecule has 3 aromatic rings. The number of aliphatic hydroxyl groups is 1. The molecule has 0 aliphatic heterocycles. The molecule has 1 aliphatic rings. The molecule has 3 heterocycles. The Morgan fingerprint density at radius 3 is 2.82 bits per heavy atom. The topological polar surface area (TPSA) is 111 Å². The van der Waals surface area contributed by atoms with Crippen LogP contribution in [0.4, 0.5) is 17.3 Å². The third-order valence-corrected chi connectivity index (χ3v) is 5.46. The van der Waals surface area contributed by atoms with Gasteiger partial charge in [-0.2, -0.15) is 10.2 Å². The number of anilines is 2. The van der Waals surface area contributed by atoms with Gasteiger partial charge in [-0.25, -0.2) is 14.3 Å². The third-order valence-electron chi connectivity index (χ3n) is 5.46. The highest BCUT2D eigenvalue weighted by molar-refractivity contribution is 5.80. The number of aliphatic hydroxyl groups excluding tert-OH is 1. The molecule has 28 heavy (non-hydrogen) atoms. The van der Waals surface area contributed by atoms with Crippen LogP contribution >= 0.6 is 0 Å². The lowest BCUT2D eigenvalue weighted by atomic mass is 10.2. The minimum Gasteiger partial charge on any atom is -0.394 e. The summed E-state index contributed by atoms with van der Waals surface area (Å²) >= 11 is 0. The van der Waals surface area contributed by atoms with Crippen LogP contribution in [0.5, 0.6) is 0 Å². The van der Waals surface area contributed by atoms with Crippen molar-refractivity contribution in [2.24, 2.45) is 0 Å². The standard InChI is InChI=1S/C19H24N8O/c1-4-14-12(2)24-27-16(20)15(21-3)17(23-18(14)27)22-9-5-13-6-10-26(25-13)19(11-28)7-8-19/h6,10,28H,4-5,7-9,11,20H2,1-2H3,(H,22,23). The van der Waals surface area contributed by atoms with Gasteiger partial charge in [0.2, 0.25) is 0 Å². The first-order valence-corrected chi connectivity index (χ1v) is 9.48. The van der Waals surface area contributed by atoms with E-state index in [1.807, 2.05) is 30.8 Å². The average Bonchev–Trinajstić information content (AvgIpc) is 3.23. The molecule has 146 valence electrons. The first-order valence-electron chi connectivity index (χ1n) is 9.48. The summed E-state index contributed by atoms with van der Waals surface area (Å²) in [5, 5.41) is 21.8. The second-order valence-electron chi connectivity index (χ2n) is 7.27. The zero-order valence-electron chi connectivity index (χ0n) is 16.1. The molecule has 0 amide bonds. The number of hydrogen-bond acceptors (Lipinski definition) is 6. The minimum absolute atomic E-state index is 0.120. The van der Waals surface area contributed by atoms with Crippen LogP contribution in [0.15, 0.2) is 12.3 Å². The Morgan fingerprint density at radius 1 is 1.39 bits per heavy atom. The molecule has 0 unspecified atom stereocenters. The highest BCUT2D eigenvalue weighted by atomic mass is 16.3. The molecule has 0 spiro atoms. The third kappa shape index (κ3) is 2.86. The normalized spacial score (nSPS) is 14.9. The van der Waals surface area contributed by atoms with Crippen LogP contribution in [0.2, 0.25) is 0 Å². The van der Waals surface area contributed by atoms with Gasteiger partial charge in [-0.15, -0.1) is 0 Å². The van der Waals surface area contributed by atoms with E-state index in [0.29, 0.717) is 30.2 Å². The van der Waals surface area contributed by atoms with Gasteiger partial charge in [0.1, 0.15) is 11.6 Å². The molecular formula is C19H24N8O. The fraction of sp³-hybridized carbons (Fsp3) is 0.474. The molecule has 3 aromatic heterocycles. The van der Waals surface area contributed by atoms with Gasteiger partial charge in [-0.1, -0.05) is 6.92 Å². The summed E-state index contributed by atoms with van der Waals surface area (Å²) in [6, 6.07) is 1.97. The van der Waals surface area contributed by atoms with E-state index in [4.69, 9.17) is 12.3 Å². The lowest BCUT2D eigenvalue weighted by molar-refractivity contribution is 0.202. The predicted molar refractivity (Wildman–Crippen MR) is 106 cm³/mol. The molecule has 0 atom stereocenters. The first kappa shape index (κ1) is 18.3. The van der Waals surface area contributed by atoms with E-state index in [2.05, 4.69) is 25.3 Å². The molecule has 4 rings (SSSR count). The second kappa shape index (κ2) is 6.80. The van der Waals surface area contributed by atoms with Crippen molar-refractivity contribution in [2.75, 3.05) is 24.2 Å². The van der Waals surface area contributed by atoms with Gasteiger partial charge in [0.05, 0.1) is 30.1 Å². The summed E-state index contributed by atoms with van der Waals surface area (Å²) in [5.74, 6) is 0.774. The molecule has 0 saturated heterocycles. The maximum absolute atomic E-state index is 9.53. The number of aromatic nitrogens is 5. The van der Waals surface area contributed by atoms with E-state index < -0.39 is 0 Å². The Hall–Kier alpha value is -3.12. The van der Waals surface area contributed by atoms with Gasteiger partial charge in [0.25, 0.3) is 5.69 Å². The number of rotatable bonds is 7. The van der Waals surface area contributed by atoms with Crippen molar-refractivity contribution < 1.29 is 5.11 Å². The van der Waals surface area contributed by atoms with Crippen LogP contribution in [-0.2, 0) is 18.4 Å². The van der Waals surface area contributed by atoms with Crippen molar-refractivity contribution in [3.8, 4) is 0 Å². The molecule has 1 aliphatic carbocycles. The maximum atomic E-state index is 9.53. The molecule has 9 nitrogen and oxygen atoms in total. The summed E-state index contributed by atoms with van der Waals surface area (Å²) in [5.41, 5.74) is 9.80. The van der Waals surface area contributed by atoms with Gasteiger partial charge in [-0.3, -0.25) is 4.68 Å². The van der Waals surface area contributed by atoms with Crippen molar-refractivity contribution in [3.05, 3.63) is 40.6 Å². The quantitative estimate of drug-likeness (QED) is 0.541. The summed E-state index contributed by atoms with van der Waals surface area (Å²) in [6.07, 6.45) is 5.32. The number of nitrogens with zero attached hydrogens (tertiary/aromatic N) is 6. The van der Waals surface area contributed by atoms with Gasteiger partial charge in [0, 0.05) is 24.7 Å². The molecule has 1 saturated carbocycles. The zero-order chi connectivity index (χ0) is 19.9.